The van der Waals surface area contributed by atoms with Gasteiger partial charge in [-0.2, -0.15) is 0 Å². The topological polar surface area (TPSA) is 50.8 Å². The molecule has 1 unspecified atom stereocenters. The molecule has 21 heavy (non-hydrogen) atoms. The molecule has 1 heterocycles. The van der Waals surface area contributed by atoms with E-state index in [2.05, 4.69) is 39.5 Å². The highest BCUT2D eigenvalue weighted by Gasteiger charge is 2.26. The van der Waals surface area contributed by atoms with Crippen LogP contribution in [0.15, 0.2) is 23.2 Å². The Morgan fingerprint density at radius 2 is 1.81 bits per heavy atom. The average molecular weight is 289 g/mol. The summed E-state index contributed by atoms with van der Waals surface area (Å²) in [7, 11) is 0. The predicted molar refractivity (Wildman–Crippen MR) is 89.3 cm³/mol. The summed E-state index contributed by atoms with van der Waals surface area (Å²) in [4.78, 5) is 7.20. The van der Waals surface area contributed by atoms with E-state index in [1.165, 1.54) is 0 Å². The number of nitrogen functional groups attached to an aromatic ring is 1. The van der Waals surface area contributed by atoms with Crippen LogP contribution in [-0.2, 0) is 0 Å². The van der Waals surface area contributed by atoms with Gasteiger partial charge in [-0.1, -0.05) is 27.7 Å². The van der Waals surface area contributed by atoms with Gasteiger partial charge in [-0.15, -0.1) is 0 Å². The maximum Gasteiger partial charge on any atom is 0.153 e. The Hall–Kier alpha value is -1.71. The summed E-state index contributed by atoms with van der Waals surface area (Å²) >= 11 is 0. The zero-order valence-electron chi connectivity index (χ0n) is 13.8. The lowest BCUT2D eigenvalue weighted by Gasteiger charge is -2.34. The van der Waals surface area contributed by atoms with Gasteiger partial charge < -0.3 is 15.4 Å². The molecule has 2 N–H and O–H groups in total. The van der Waals surface area contributed by atoms with E-state index >= 15 is 0 Å². The molecule has 1 aromatic carbocycles. The number of rotatable bonds is 4. The third-order valence-electron chi connectivity index (χ3n) is 3.38. The van der Waals surface area contributed by atoms with Crippen LogP contribution in [-0.4, -0.2) is 29.9 Å². The molecule has 0 spiro atoms. The number of nitrogens with zero attached hydrogens (tertiary/aromatic N) is 2. The van der Waals surface area contributed by atoms with Gasteiger partial charge in [0.25, 0.3) is 0 Å². The summed E-state index contributed by atoms with van der Waals surface area (Å²) in [5, 5.41) is 0. The number of hydrogen-bond donors (Lipinski definition) is 1. The number of benzene rings is 1. The molecule has 0 amide bonds. The number of aliphatic imine (C=N–C) groups is 1. The van der Waals surface area contributed by atoms with Gasteiger partial charge >= 0.3 is 0 Å². The highest BCUT2D eigenvalue weighted by atomic mass is 16.5. The Kier molecular flexibility index (Phi) is 4.76. The van der Waals surface area contributed by atoms with Crippen molar-refractivity contribution in [2.24, 2.45) is 16.8 Å². The van der Waals surface area contributed by atoms with E-state index in [0.29, 0.717) is 17.5 Å². The first-order chi connectivity index (χ1) is 9.86. The third kappa shape index (κ3) is 3.90. The molecule has 1 atom stereocenters. The van der Waals surface area contributed by atoms with Crippen molar-refractivity contribution in [3.05, 3.63) is 18.2 Å². The van der Waals surface area contributed by atoms with E-state index < -0.39 is 0 Å². The molecule has 116 valence electrons. The quantitative estimate of drug-likeness (QED) is 0.860. The Morgan fingerprint density at radius 3 is 2.38 bits per heavy atom. The fourth-order valence-electron chi connectivity index (χ4n) is 2.65. The summed E-state index contributed by atoms with van der Waals surface area (Å²) in [5.41, 5.74) is 7.39. The lowest BCUT2D eigenvalue weighted by Crippen LogP contribution is -2.45. The molecular formula is C17H27N3O. The number of ether oxygens (including phenoxy) is 1. The number of amidine groups is 1. The van der Waals surface area contributed by atoms with Crippen LogP contribution in [0.4, 0.5) is 11.4 Å². The molecule has 1 aliphatic rings. The summed E-state index contributed by atoms with van der Waals surface area (Å²) in [5.74, 6) is 2.98. The van der Waals surface area contributed by atoms with Crippen molar-refractivity contribution >= 4 is 17.2 Å². The first-order valence-electron chi connectivity index (χ1n) is 7.76. The maximum atomic E-state index is 6.02. The van der Waals surface area contributed by atoms with Crippen molar-refractivity contribution in [1.29, 1.82) is 0 Å². The lowest BCUT2D eigenvalue weighted by atomic mass is 10.1. The van der Waals surface area contributed by atoms with Crippen molar-refractivity contribution in [2.45, 2.75) is 40.7 Å². The smallest absolute Gasteiger partial charge is 0.153 e. The Balaban J connectivity index is 2.32. The molecule has 0 bridgehead atoms. The molecule has 2 rings (SSSR count). The highest BCUT2D eigenvalue weighted by molar-refractivity contribution is 5.91. The van der Waals surface area contributed by atoms with Crippen LogP contribution in [0, 0.1) is 11.8 Å². The van der Waals surface area contributed by atoms with E-state index in [1.54, 1.807) is 0 Å². The van der Waals surface area contributed by atoms with Gasteiger partial charge in [-0.3, -0.25) is 0 Å². The second-order valence-corrected chi connectivity index (χ2v) is 6.65. The number of anilines is 1. The second kappa shape index (κ2) is 6.37. The summed E-state index contributed by atoms with van der Waals surface area (Å²) in [6, 6.07) is 5.65. The molecule has 0 aliphatic carbocycles. The summed E-state index contributed by atoms with van der Waals surface area (Å²) < 4.78 is 6.02. The van der Waals surface area contributed by atoms with E-state index in [1.807, 2.05) is 18.2 Å². The minimum Gasteiger partial charge on any atom is -0.480 e. The van der Waals surface area contributed by atoms with Crippen LogP contribution in [0.2, 0.25) is 0 Å². The largest absolute Gasteiger partial charge is 0.480 e. The van der Waals surface area contributed by atoms with E-state index in [0.717, 1.165) is 30.4 Å². The molecule has 4 nitrogen and oxygen atoms in total. The van der Waals surface area contributed by atoms with Gasteiger partial charge in [0, 0.05) is 24.8 Å². The molecule has 1 aliphatic heterocycles. The SMILES string of the molecule is CC(C)CN(CC(C)C)C1=Nc2ccc(N)cc2OC1C. The zero-order chi connectivity index (χ0) is 15.6. The molecule has 0 saturated heterocycles. The van der Waals surface area contributed by atoms with Crippen molar-refractivity contribution in [3.63, 3.8) is 0 Å². The number of hydrogen-bond acceptors (Lipinski definition) is 4. The summed E-state index contributed by atoms with van der Waals surface area (Å²) in [6.07, 6.45) is -0.0446. The van der Waals surface area contributed by atoms with Crippen LogP contribution in [0.1, 0.15) is 34.6 Å². The highest BCUT2D eigenvalue weighted by Crippen LogP contribution is 2.34. The fourth-order valence-corrected chi connectivity index (χ4v) is 2.65. The zero-order valence-corrected chi connectivity index (χ0v) is 13.8. The molecule has 0 radical (unpaired) electrons. The predicted octanol–water partition coefficient (Wildman–Crippen LogP) is 3.69. The van der Waals surface area contributed by atoms with Crippen LogP contribution < -0.4 is 10.5 Å². The van der Waals surface area contributed by atoms with E-state index in [4.69, 9.17) is 15.5 Å². The van der Waals surface area contributed by atoms with Crippen LogP contribution in [0.25, 0.3) is 0 Å². The number of nitrogens with two attached hydrogens (primary N) is 1. The second-order valence-electron chi connectivity index (χ2n) is 6.65. The van der Waals surface area contributed by atoms with Gasteiger partial charge in [0.2, 0.25) is 0 Å². The van der Waals surface area contributed by atoms with Crippen molar-refractivity contribution in [1.82, 2.24) is 4.90 Å². The summed E-state index contributed by atoms with van der Waals surface area (Å²) in [6.45, 7) is 13.0. The van der Waals surface area contributed by atoms with Crippen LogP contribution >= 0.6 is 0 Å². The maximum absolute atomic E-state index is 6.02. The molecule has 4 heteroatoms. The Labute approximate surface area is 128 Å². The molecule has 0 fully saturated rings. The van der Waals surface area contributed by atoms with Gasteiger partial charge in [0.05, 0.1) is 0 Å². The lowest BCUT2D eigenvalue weighted by molar-refractivity contribution is 0.238. The van der Waals surface area contributed by atoms with Crippen LogP contribution in [0.5, 0.6) is 5.75 Å². The first-order valence-corrected chi connectivity index (χ1v) is 7.76. The fraction of sp³-hybridized carbons (Fsp3) is 0.588. The Bertz CT molecular complexity index is 513. The third-order valence-corrected chi connectivity index (χ3v) is 3.38. The molecule has 1 aromatic rings. The normalized spacial score (nSPS) is 17.5. The molecule has 0 aromatic heterocycles. The number of fused-ring (bicyclic) bond motifs is 1. The van der Waals surface area contributed by atoms with Crippen molar-refractivity contribution in [2.75, 3.05) is 18.8 Å². The van der Waals surface area contributed by atoms with Crippen LogP contribution in [0.3, 0.4) is 0 Å². The molecule has 0 saturated carbocycles. The van der Waals surface area contributed by atoms with Gasteiger partial charge in [0.15, 0.2) is 6.10 Å². The standard InChI is InChI=1S/C17H27N3O/c1-11(2)9-20(10-12(3)4)17-13(5)21-16-8-14(18)6-7-15(16)19-17/h6-8,11-13H,9-10,18H2,1-5H3. The Morgan fingerprint density at radius 1 is 1.19 bits per heavy atom. The van der Waals surface area contributed by atoms with Gasteiger partial charge in [-0.05, 0) is 30.9 Å². The minimum atomic E-state index is -0.0446. The van der Waals surface area contributed by atoms with Crippen molar-refractivity contribution < 1.29 is 4.74 Å². The van der Waals surface area contributed by atoms with E-state index in [9.17, 15) is 0 Å². The minimum absolute atomic E-state index is 0.0446. The first kappa shape index (κ1) is 15.7. The molecular weight excluding hydrogens is 262 g/mol. The van der Waals surface area contributed by atoms with Gasteiger partial charge in [-0.25, -0.2) is 4.99 Å². The average Bonchev–Trinajstić information content (AvgIpc) is 2.35. The van der Waals surface area contributed by atoms with Gasteiger partial charge in [0.1, 0.15) is 17.3 Å². The van der Waals surface area contributed by atoms with E-state index in [-0.39, 0.29) is 6.10 Å². The monoisotopic (exact) mass is 289 g/mol. The van der Waals surface area contributed by atoms with Crippen molar-refractivity contribution in [3.8, 4) is 5.75 Å².